The highest BCUT2D eigenvalue weighted by molar-refractivity contribution is 4.84. The predicted octanol–water partition coefficient (Wildman–Crippen LogP) is 4.13. The number of hydrogen-bond donors (Lipinski definition) is 1. The zero-order valence-corrected chi connectivity index (χ0v) is 10.8. The fourth-order valence-corrected chi connectivity index (χ4v) is 2.94. The Morgan fingerprint density at radius 3 is 2.41 bits per heavy atom. The van der Waals surface area contributed by atoms with Crippen LogP contribution in [0.15, 0.2) is 0 Å². The maximum atomic E-state index is 12.3. The number of nitrogens with one attached hydrogen (secondary N) is 1. The van der Waals surface area contributed by atoms with Crippen LogP contribution in [0.25, 0.3) is 0 Å². The molecule has 3 unspecified atom stereocenters. The van der Waals surface area contributed by atoms with Crippen LogP contribution in [0.2, 0.25) is 0 Å². The second kappa shape index (κ2) is 6.62. The maximum Gasteiger partial charge on any atom is 0.389 e. The molecule has 0 saturated heterocycles. The van der Waals surface area contributed by atoms with Crippen molar-refractivity contribution in [2.45, 2.75) is 64.6 Å². The Labute approximate surface area is 102 Å². The molecule has 1 nitrogen and oxygen atoms in total. The molecule has 0 aromatic heterocycles. The number of alkyl halides is 3. The maximum absolute atomic E-state index is 12.3. The average Bonchev–Trinajstić information content (AvgIpc) is 2.71. The molecule has 0 bridgehead atoms. The van der Waals surface area contributed by atoms with E-state index in [0.29, 0.717) is 5.92 Å². The highest BCUT2D eigenvalue weighted by atomic mass is 19.4. The quantitative estimate of drug-likeness (QED) is 0.748. The van der Waals surface area contributed by atoms with Gasteiger partial charge in [-0.1, -0.05) is 26.7 Å². The van der Waals surface area contributed by atoms with Crippen LogP contribution in [0, 0.1) is 11.8 Å². The van der Waals surface area contributed by atoms with Gasteiger partial charge in [-0.3, -0.25) is 0 Å². The van der Waals surface area contributed by atoms with E-state index in [1.54, 1.807) is 0 Å². The first-order valence-corrected chi connectivity index (χ1v) is 6.76. The molecule has 4 heteroatoms. The SMILES string of the molecule is CCNC(CCC(F)(F)F)C1CCC(CC)C1. The lowest BCUT2D eigenvalue weighted by Crippen LogP contribution is -2.36. The first-order chi connectivity index (χ1) is 7.96. The summed E-state index contributed by atoms with van der Waals surface area (Å²) in [4.78, 5) is 0. The Bertz CT molecular complexity index is 215. The van der Waals surface area contributed by atoms with Crippen molar-refractivity contribution in [3.05, 3.63) is 0 Å². The van der Waals surface area contributed by atoms with Gasteiger partial charge in [0.1, 0.15) is 0 Å². The van der Waals surface area contributed by atoms with Gasteiger partial charge in [0, 0.05) is 12.5 Å². The molecule has 1 aliphatic rings. The van der Waals surface area contributed by atoms with E-state index < -0.39 is 12.6 Å². The first kappa shape index (κ1) is 14.8. The van der Waals surface area contributed by atoms with E-state index in [1.807, 2.05) is 6.92 Å². The fourth-order valence-electron chi connectivity index (χ4n) is 2.94. The highest BCUT2D eigenvalue weighted by Crippen LogP contribution is 2.37. The minimum atomic E-state index is -4.02. The van der Waals surface area contributed by atoms with Crippen LogP contribution < -0.4 is 5.32 Å². The van der Waals surface area contributed by atoms with Crippen LogP contribution in [-0.4, -0.2) is 18.8 Å². The largest absolute Gasteiger partial charge is 0.389 e. The normalized spacial score (nSPS) is 27.4. The minimum Gasteiger partial charge on any atom is -0.314 e. The smallest absolute Gasteiger partial charge is 0.314 e. The summed E-state index contributed by atoms with van der Waals surface area (Å²) in [7, 11) is 0. The molecule has 0 radical (unpaired) electrons. The van der Waals surface area contributed by atoms with Crippen molar-refractivity contribution in [3.8, 4) is 0 Å². The molecule has 1 saturated carbocycles. The molecule has 0 aromatic rings. The summed E-state index contributed by atoms with van der Waals surface area (Å²) >= 11 is 0. The van der Waals surface area contributed by atoms with E-state index >= 15 is 0 Å². The van der Waals surface area contributed by atoms with Crippen molar-refractivity contribution >= 4 is 0 Å². The lowest BCUT2D eigenvalue weighted by Gasteiger charge is -2.25. The van der Waals surface area contributed by atoms with Gasteiger partial charge in [-0.25, -0.2) is 0 Å². The lowest BCUT2D eigenvalue weighted by molar-refractivity contribution is -0.137. The van der Waals surface area contributed by atoms with Crippen molar-refractivity contribution in [3.63, 3.8) is 0 Å². The van der Waals surface area contributed by atoms with Gasteiger partial charge in [-0.2, -0.15) is 13.2 Å². The van der Waals surface area contributed by atoms with Crippen molar-refractivity contribution in [2.24, 2.45) is 11.8 Å². The summed E-state index contributed by atoms with van der Waals surface area (Å²) in [6, 6.07) is 0.0539. The average molecular weight is 251 g/mol. The second-order valence-electron chi connectivity index (χ2n) is 5.17. The summed E-state index contributed by atoms with van der Waals surface area (Å²) in [5.41, 5.74) is 0. The topological polar surface area (TPSA) is 12.0 Å². The standard InChI is InChI=1S/C13H24F3N/c1-3-10-5-6-11(9-10)12(17-4-2)7-8-13(14,15)16/h10-12,17H,3-9H2,1-2H3. The van der Waals surface area contributed by atoms with E-state index in [-0.39, 0.29) is 12.5 Å². The van der Waals surface area contributed by atoms with Crippen LogP contribution in [-0.2, 0) is 0 Å². The molecular formula is C13H24F3N. The van der Waals surface area contributed by atoms with Gasteiger partial charge in [0.2, 0.25) is 0 Å². The van der Waals surface area contributed by atoms with E-state index in [1.165, 1.54) is 6.42 Å². The van der Waals surface area contributed by atoms with Crippen molar-refractivity contribution < 1.29 is 13.2 Å². The van der Waals surface area contributed by atoms with Crippen molar-refractivity contribution in [1.29, 1.82) is 0 Å². The first-order valence-electron chi connectivity index (χ1n) is 6.76. The monoisotopic (exact) mass is 251 g/mol. The molecule has 0 heterocycles. The Kier molecular flexibility index (Phi) is 5.77. The van der Waals surface area contributed by atoms with Crippen LogP contribution in [0.1, 0.15) is 52.4 Å². The molecule has 1 N–H and O–H groups in total. The summed E-state index contributed by atoms with van der Waals surface area (Å²) in [5.74, 6) is 1.18. The van der Waals surface area contributed by atoms with Crippen LogP contribution in [0.5, 0.6) is 0 Å². The lowest BCUT2D eigenvalue weighted by atomic mass is 9.92. The Morgan fingerprint density at radius 2 is 1.94 bits per heavy atom. The van der Waals surface area contributed by atoms with Crippen LogP contribution >= 0.6 is 0 Å². The predicted molar refractivity (Wildman–Crippen MR) is 63.9 cm³/mol. The summed E-state index contributed by atoms with van der Waals surface area (Å²) < 4.78 is 36.8. The summed E-state index contributed by atoms with van der Waals surface area (Å²) in [6.45, 7) is 4.90. The van der Waals surface area contributed by atoms with Gasteiger partial charge in [-0.05, 0) is 37.6 Å². The second-order valence-corrected chi connectivity index (χ2v) is 5.17. The van der Waals surface area contributed by atoms with Crippen molar-refractivity contribution in [1.82, 2.24) is 5.32 Å². The third-order valence-electron chi connectivity index (χ3n) is 3.93. The number of halogens is 3. The highest BCUT2D eigenvalue weighted by Gasteiger charge is 2.33. The van der Waals surface area contributed by atoms with E-state index in [9.17, 15) is 13.2 Å². The van der Waals surface area contributed by atoms with Gasteiger partial charge in [0.05, 0.1) is 0 Å². The third kappa shape index (κ3) is 5.28. The molecule has 0 aliphatic heterocycles. The van der Waals surface area contributed by atoms with Gasteiger partial charge in [0.25, 0.3) is 0 Å². The zero-order chi connectivity index (χ0) is 12.9. The number of hydrogen-bond acceptors (Lipinski definition) is 1. The summed E-state index contributed by atoms with van der Waals surface area (Å²) in [6.07, 6.45) is 0.108. The molecular weight excluding hydrogens is 227 g/mol. The molecule has 102 valence electrons. The van der Waals surface area contributed by atoms with Gasteiger partial charge < -0.3 is 5.32 Å². The minimum absolute atomic E-state index is 0.0539. The fraction of sp³-hybridized carbons (Fsp3) is 1.00. The van der Waals surface area contributed by atoms with E-state index in [2.05, 4.69) is 12.2 Å². The Balaban J connectivity index is 2.42. The zero-order valence-electron chi connectivity index (χ0n) is 10.8. The van der Waals surface area contributed by atoms with Gasteiger partial charge >= 0.3 is 6.18 Å². The van der Waals surface area contributed by atoms with Gasteiger partial charge in [-0.15, -0.1) is 0 Å². The number of rotatable bonds is 6. The molecule has 1 rings (SSSR count). The Hall–Kier alpha value is -0.250. The molecule has 0 spiro atoms. The van der Waals surface area contributed by atoms with Crippen LogP contribution in [0.3, 0.4) is 0 Å². The van der Waals surface area contributed by atoms with E-state index in [4.69, 9.17) is 0 Å². The molecule has 1 aliphatic carbocycles. The van der Waals surface area contributed by atoms with Crippen molar-refractivity contribution in [2.75, 3.05) is 6.54 Å². The third-order valence-corrected chi connectivity index (χ3v) is 3.93. The molecule has 3 atom stereocenters. The van der Waals surface area contributed by atoms with Crippen LogP contribution in [0.4, 0.5) is 13.2 Å². The van der Waals surface area contributed by atoms with Gasteiger partial charge in [0.15, 0.2) is 0 Å². The van der Waals surface area contributed by atoms with E-state index in [0.717, 1.165) is 31.7 Å². The Morgan fingerprint density at radius 1 is 1.24 bits per heavy atom. The summed E-state index contributed by atoms with van der Waals surface area (Å²) in [5, 5.41) is 3.24. The molecule has 1 fully saturated rings. The molecule has 0 aromatic carbocycles. The molecule has 17 heavy (non-hydrogen) atoms. The molecule has 0 amide bonds.